The average molecular weight is 271 g/mol. The fourth-order valence-corrected chi connectivity index (χ4v) is 3.00. The van der Waals surface area contributed by atoms with Gasteiger partial charge < -0.3 is 4.90 Å². The first-order chi connectivity index (χ1) is 8.99. The summed E-state index contributed by atoms with van der Waals surface area (Å²) in [5, 5.41) is 0. The van der Waals surface area contributed by atoms with E-state index in [4.69, 9.17) is 0 Å². The number of piperidine rings is 1. The number of hydrogen-bond donors (Lipinski definition) is 0. The van der Waals surface area contributed by atoms with Gasteiger partial charge in [0.2, 0.25) is 0 Å². The molecule has 1 saturated carbocycles. The van der Waals surface area contributed by atoms with Gasteiger partial charge in [-0.3, -0.25) is 0 Å². The predicted molar refractivity (Wildman–Crippen MR) is 64.8 cm³/mol. The Morgan fingerprint density at radius 1 is 1.37 bits per heavy atom. The smallest absolute Gasteiger partial charge is 0.256 e. The third-order valence-electron chi connectivity index (χ3n) is 4.27. The molecular weight excluding hydrogens is 255 g/mol. The standard InChI is InChI=1S/C13H16F3N3/c1-2-9-10(14)11(18-8-17-9)19-5-3-4-12(7-19)6-13(12,15)16/h8H,2-7H2,1H3. The second-order valence-electron chi connectivity index (χ2n) is 5.50. The van der Waals surface area contributed by atoms with Crippen LogP contribution in [0.1, 0.15) is 31.9 Å². The highest BCUT2D eigenvalue weighted by Gasteiger charge is 2.71. The quantitative estimate of drug-likeness (QED) is 0.828. The first-order valence-electron chi connectivity index (χ1n) is 6.61. The maximum atomic E-state index is 14.2. The summed E-state index contributed by atoms with van der Waals surface area (Å²) in [6.45, 7) is 2.58. The second-order valence-corrected chi connectivity index (χ2v) is 5.50. The normalized spacial score (nSPS) is 28.7. The Morgan fingerprint density at radius 2 is 2.11 bits per heavy atom. The molecule has 2 aliphatic rings. The van der Waals surface area contributed by atoms with Crippen molar-refractivity contribution in [3.05, 3.63) is 17.8 Å². The summed E-state index contributed by atoms with van der Waals surface area (Å²) in [4.78, 5) is 9.47. The van der Waals surface area contributed by atoms with Crippen LogP contribution in [0.3, 0.4) is 0 Å². The van der Waals surface area contributed by atoms with Crippen molar-refractivity contribution in [2.45, 2.75) is 38.5 Å². The van der Waals surface area contributed by atoms with Crippen LogP contribution < -0.4 is 4.90 Å². The molecule has 1 aromatic rings. The third-order valence-corrected chi connectivity index (χ3v) is 4.27. The first kappa shape index (κ1) is 12.7. The summed E-state index contributed by atoms with van der Waals surface area (Å²) in [7, 11) is 0. The van der Waals surface area contributed by atoms with E-state index in [1.807, 2.05) is 6.92 Å². The van der Waals surface area contributed by atoms with E-state index in [1.165, 1.54) is 6.33 Å². The van der Waals surface area contributed by atoms with Gasteiger partial charge in [0.15, 0.2) is 11.6 Å². The van der Waals surface area contributed by atoms with Crippen molar-refractivity contribution in [3.63, 3.8) is 0 Å². The predicted octanol–water partition coefficient (Wildman–Crippen LogP) is 2.80. The largest absolute Gasteiger partial charge is 0.353 e. The van der Waals surface area contributed by atoms with Gasteiger partial charge in [-0.15, -0.1) is 0 Å². The number of rotatable bonds is 2. The van der Waals surface area contributed by atoms with Crippen LogP contribution in [-0.2, 0) is 6.42 Å². The number of alkyl halides is 2. The van der Waals surface area contributed by atoms with Crippen LogP contribution in [0, 0.1) is 11.2 Å². The summed E-state index contributed by atoms with van der Waals surface area (Å²) >= 11 is 0. The fourth-order valence-electron chi connectivity index (χ4n) is 3.00. The molecule has 1 atom stereocenters. The lowest BCUT2D eigenvalue weighted by Crippen LogP contribution is -2.40. The molecule has 1 aliphatic heterocycles. The van der Waals surface area contributed by atoms with Crippen molar-refractivity contribution in [1.29, 1.82) is 0 Å². The third kappa shape index (κ3) is 1.88. The molecule has 0 amide bonds. The van der Waals surface area contributed by atoms with Gasteiger partial charge >= 0.3 is 0 Å². The van der Waals surface area contributed by atoms with Gasteiger partial charge in [-0.2, -0.15) is 0 Å². The van der Waals surface area contributed by atoms with Gasteiger partial charge in [-0.1, -0.05) is 6.92 Å². The minimum Gasteiger partial charge on any atom is -0.353 e. The van der Waals surface area contributed by atoms with Gasteiger partial charge in [-0.05, 0) is 19.3 Å². The van der Waals surface area contributed by atoms with Crippen LogP contribution >= 0.6 is 0 Å². The van der Waals surface area contributed by atoms with Gasteiger partial charge in [-0.25, -0.2) is 23.1 Å². The van der Waals surface area contributed by atoms with Crippen molar-refractivity contribution in [2.24, 2.45) is 5.41 Å². The lowest BCUT2D eigenvalue weighted by molar-refractivity contribution is 0.0574. The van der Waals surface area contributed by atoms with Crippen LogP contribution in [0.4, 0.5) is 19.0 Å². The van der Waals surface area contributed by atoms with Crippen molar-refractivity contribution < 1.29 is 13.2 Å². The summed E-state index contributed by atoms with van der Waals surface area (Å²) in [6, 6.07) is 0. The Kier molecular flexibility index (Phi) is 2.73. The average Bonchev–Trinajstić information content (AvgIpc) is 2.89. The maximum Gasteiger partial charge on any atom is 0.256 e. The zero-order chi connectivity index (χ0) is 13.7. The van der Waals surface area contributed by atoms with Crippen LogP contribution in [0.15, 0.2) is 6.33 Å². The molecule has 1 saturated heterocycles. The molecule has 1 spiro atoms. The van der Waals surface area contributed by atoms with E-state index in [2.05, 4.69) is 9.97 Å². The zero-order valence-corrected chi connectivity index (χ0v) is 10.8. The molecule has 0 bridgehead atoms. The van der Waals surface area contributed by atoms with Crippen molar-refractivity contribution in [1.82, 2.24) is 9.97 Å². The Bertz CT molecular complexity index is 506. The number of hydrogen-bond acceptors (Lipinski definition) is 3. The van der Waals surface area contributed by atoms with Gasteiger partial charge in [0.25, 0.3) is 5.92 Å². The molecule has 2 fully saturated rings. The van der Waals surface area contributed by atoms with Gasteiger partial charge in [0.1, 0.15) is 6.33 Å². The zero-order valence-electron chi connectivity index (χ0n) is 10.8. The molecule has 0 aromatic carbocycles. The maximum absolute atomic E-state index is 14.2. The molecule has 0 radical (unpaired) electrons. The summed E-state index contributed by atoms with van der Waals surface area (Å²) in [5.74, 6) is -2.89. The van der Waals surface area contributed by atoms with Crippen LogP contribution in [-0.4, -0.2) is 29.0 Å². The van der Waals surface area contributed by atoms with Gasteiger partial charge in [0, 0.05) is 19.5 Å². The highest BCUT2D eigenvalue weighted by molar-refractivity contribution is 5.43. The Hall–Kier alpha value is -1.33. The van der Waals surface area contributed by atoms with Crippen LogP contribution in [0.2, 0.25) is 0 Å². The molecule has 1 unspecified atom stereocenters. The molecule has 19 heavy (non-hydrogen) atoms. The topological polar surface area (TPSA) is 29.0 Å². The Balaban J connectivity index is 1.87. The van der Waals surface area contributed by atoms with E-state index in [-0.39, 0.29) is 18.8 Å². The lowest BCUT2D eigenvalue weighted by Gasteiger charge is -2.34. The SMILES string of the molecule is CCc1ncnc(N2CCCC3(C2)CC3(F)F)c1F. The minimum absolute atomic E-state index is 0.0795. The van der Waals surface area contributed by atoms with E-state index in [1.54, 1.807) is 4.90 Å². The minimum atomic E-state index is -2.59. The first-order valence-corrected chi connectivity index (χ1v) is 6.61. The second kappa shape index (κ2) is 4.08. The van der Waals surface area contributed by atoms with Gasteiger partial charge in [0.05, 0.1) is 11.1 Å². The molecule has 6 heteroatoms. The molecule has 3 nitrogen and oxygen atoms in total. The molecule has 1 aromatic heterocycles. The van der Waals surface area contributed by atoms with Crippen LogP contribution in [0.25, 0.3) is 0 Å². The molecular formula is C13H16F3N3. The molecule has 0 N–H and O–H groups in total. The van der Waals surface area contributed by atoms with E-state index >= 15 is 0 Å². The lowest BCUT2D eigenvalue weighted by atomic mass is 9.94. The van der Waals surface area contributed by atoms with E-state index in [9.17, 15) is 13.2 Å². The molecule has 1 aliphatic carbocycles. The van der Waals surface area contributed by atoms with Crippen molar-refractivity contribution in [2.75, 3.05) is 18.0 Å². The van der Waals surface area contributed by atoms with Crippen molar-refractivity contribution >= 4 is 5.82 Å². The number of anilines is 1. The molecule has 2 heterocycles. The summed E-state index contributed by atoms with van der Waals surface area (Å²) in [5.41, 5.74) is -0.609. The summed E-state index contributed by atoms with van der Waals surface area (Å²) < 4.78 is 41.1. The van der Waals surface area contributed by atoms with Crippen LogP contribution in [0.5, 0.6) is 0 Å². The number of aromatic nitrogens is 2. The Labute approximate surface area is 109 Å². The highest BCUT2D eigenvalue weighted by Crippen LogP contribution is 2.64. The number of aryl methyl sites for hydroxylation is 1. The fraction of sp³-hybridized carbons (Fsp3) is 0.692. The number of halogens is 3. The van der Waals surface area contributed by atoms with E-state index in [0.29, 0.717) is 31.5 Å². The molecule has 3 rings (SSSR count). The Morgan fingerprint density at radius 3 is 2.74 bits per heavy atom. The van der Waals surface area contributed by atoms with E-state index in [0.717, 1.165) is 0 Å². The monoisotopic (exact) mass is 271 g/mol. The van der Waals surface area contributed by atoms with Crippen molar-refractivity contribution in [3.8, 4) is 0 Å². The number of nitrogens with zero attached hydrogens (tertiary/aromatic N) is 3. The summed E-state index contributed by atoms with van der Waals surface area (Å²) in [6.07, 6.45) is 2.87. The highest BCUT2D eigenvalue weighted by atomic mass is 19.3. The van der Waals surface area contributed by atoms with E-state index < -0.39 is 17.2 Å². The molecule has 104 valence electrons.